The maximum Gasteiger partial charge on any atom is 0.253 e. The molecule has 3 heterocycles. The molecule has 0 unspecified atom stereocenters. The number of nitrogens with two attached hydrogens (primary N) is 1. The summed E-state index contributed by atoms with van der Waals surface area (Å²) < 4.78 is 15.1. The SMILES string of the molecule is Cn1nccc1CN1CCC(CC#N)(N/C=C(\C(=N)Nc2ccnc(F)c2)C(N)=O)CC1. The van der Waals surface area contributed by atoms with Gasteiger partial charge in [0.15, 0.2) is 0 Å². The summed E-state index contributed by atoms with van der Waals surface area (Å²) >= 11 is 0. The van der Waals surface area contributed by atoms with Gasteiger partial charge in [0.2, 0.25) is 5.95 Å². The number of nitriles is 1. The van der Waals surface area contributed by atoms with Crippen LogP contribution in [0.25, 0.3) is 0 Å². The number of hydrogen-bond acceptors (Lipinski definition) is 7. The molecule has 32 heavy (non-hydrogen) atoms. The topological polar surface area (TPSA) is 149 Å². The van der Waals surface area contributed by atoms with Crippen LogP contribution >= 0.6 is 0 Å². The van der Waals surface area contributed by atoms with Crippen LogP contribution in [0.1, 0.15) is 25.0 Å². The average molecular weight is 439 g/mol. The molecule has 10 nitrogen and oxygen atoms in total. The van der Waals surface area contributed by atoms with Crippen LogP contribution in [-0.2, 0) is 18.4 Å². The number of halogens is 1. The van der Waals surface area contributed by atoms with Crippen molar-refractivity contribution in [2.45, 2.75) is 31.3 Å². The highest BCUT2D eigenvalue weighted by molar-refractivity contribution is 6.23. The predicted octanol–water partition coefficient (Wildman–Crippen LogP) is 1.25. The maximum absolute atomic E-state index is 13.3. The second kappa shape index (κ2) is 10.0. The van der Waals surface area contributed by atoms with Crippen molar-refractivity contribution < 1.29 is 9.18 Å². The molecule has 0 atom stereocenters. The van der Waals surface area contributed by atoms with Crippen LogP contribution in [0.2, 0.25) is 0 Å². The molecule has 11 heteroatoms. The molecule has 3 rings (SSSR count). The van der Waals surface area contributed by atoms with Gasteiger partial charge < -0.3 is 16.4 Å². The number of pyridine rings is 1. The van der Waals surface area contributed by atoms with Crippen LogP contribution < -0.4 is 16.4 Å². The Labute approximate surface area is 185 Å². The van der Waals surface area contributed by atoms with E-state index in [-0.39, 0.29) is 23.5 Å². The van der Waals surface area contributed by atoms with Gasteiger partial charge in [-0.3, -0.25) is 19.8 Å². The fraction of sp³-hybridized carbons (Fsp3) is 0.381. The first kappa shape index (κ1) is 22.9. The molecular formula is C21H26FN9O. The first-order chi connectivity index (χ1) is 15.3. The summed E-state index contributed by atoms with van der Waals surface area (Å²) in [4.78, 5) is 17.7. The predicted molar refractivity (Wildman–Crippen MR) is 117 cm³/mol. The number of aromatic nitrogens is 3. The average Bonchev–Trinajstić information content (AvgIpc) is 3.14. The molecule has 2 aromatic heterocycles. The summed E-state index contributed by atoms with van der Waals surface area (Å²) in [7, 11) is 1.90. The molecule has 0 aliphatic carbocycles. The molecule has 0 aromatic carbocycles. The number of hydrogen-bond donors (Lipinski definition) is 4. The number of nitrogens with one attached hydrogen (secondary N) is 3. The van der Waals surface area contributed by atoms with Crippen LogP contribution in [-0.4, -0.2) is 50.0 Å². The highest BCUT2D eigenvalue weighted by Gasteiger charge is 2.34. The van der Waals surface area contributed by atoms with Crippen LogP contribution in [0.15, 0.2) is 42.4 Å². The Balaban J connectivity index is 1.68. The molecule has 1 aliphatic rings. The zero-order chi connectivity index (χ0) is 23.1. The van der Waals surface area contributed by atoms with Crippen molar-refractivity contribution in [3.05, 3.63) is 54.0 Å². The van der Waals surface area contributed by atoms with Gasteiger partial charge in [0.1, 0.15) is 5.84 Å². The molecule has 0 spiro atoms. The Hall–Kier alpha value is -3.78. The number of amides is 1. The van der Waals surface area contributed by atoms with Crippen LogP contribution in [0.5, 0.6) is 0 Å². The molecule has 1 saturated heterocycles. The van der Waals surface area contributed by atoms with E-state index in [1.165, 1.54) is 18.5 Å². The third-order valence-electron chi connectivity index (χ3n) is 5.59. The van der Waals surface area contributed by atoms with E-state index in [0.717, 1.165) is 31.4 Å². The van der Waals surface area contributed by atoms with E-state index in [2.05, 4.69) is 31.7 Å². The minimum Gasteiger partial charge on any atom is -0.384 e. The van der Waals surface area contributed by atoms with Gasteiger partial charge in [-0.25, -0.2) is 4.98 Å². The number of amidine groups is 1. The van der Waals surface area contributed by atoms with Gasteiger partial charge in [0.05, 0.1) is 29.3 Å². The van der Waals surface area contributed by atoms with E-state index in [1.807, 2.05) is 17.8 Å². The highest BCUT2D eigenvalue weighted by atomic mass is 19.1. The monoisotopic (exact) mass is 439 g/mol. The Morgan fingerprint density at radius 2 is 2.16 bits per heavy atom. The second-order valence-corrected chi connectivity index (χ2v) is 7.77. The van der Waals surface area contributed by atoms with Crippen molar-refractivity contribution in [3.63, 3.8) is 0 Å². The fourth-order valence-electron chi connectivity index (χ4n) is 3.63. The highest BCUT2D eigenvalue weighted by Crippen LogP contribution is 2.27. The zero-order valence-corrected chi connectivity index (χ0v) is 17.8. The van der Waals surface area contributed by atoms with Gasteiger partial charge >= 0.3 is 0 Å². The Morgan fingerprint density at radius 1 is 1.41 bits per heavy atom. The molecule has 1 fully saturated rings. The van der Waals surface area contributed by atoms with Gasteiger partial charge in [0.25, 0.3) is 5.91 Å². The molecule has 0 saturated carbocycles. The molecule has 5 N–H and O–H groups in total. The standard InChI is InChI=1S/C21H26FN9O/c1-30-16(3-9-28-30)14-31-10-5-21(4-7-23,6-11-31)27-13-17(20(25)32)19(24)29-15-2-8-26-18(22)12-15/h2-3,8-9,12-13,27H,4-6,10-11,14H2,1H3,(H2,25,32)(H2,24,26,29)/b17-13+. The lowest BCUT2D eigenvalue weighted by atomic mass is 9.84. The van der Waals surface area contributed by atoms with Crippen molar-refractivity contribution in [2.24, 2.45) is 12.8 Å². The lowest BCUT2D eigenvalue weighted by Crippen LogP contribution is -2.51. The van der Waals surface area contributed by atoms with E-state index in [9.17, 15) is 14.4 Å². The van der Waals surface area contributed by atoms with Gasteiger partial charge in [-0.2, -0.15) is 14.8 Å². The number of carbonyl (C=O) groups excluding carboxylic acids is 1. The summed E-state index contributed by atoms with van der Waals surface area (Å²) in [5.74, 6) is -1.81. The third-order valence-corrected chi connectivity index (χ3v) is 5.59. The molecule has 2 aromatic rings. The normalized spacial score (nSPS) is 16.2. The molecule has 1 aliphatic heterocycles. The largest absolute Gasteiger partial charge is 0.384 e. The Morgan fingerprint density at radius 3 is 2.75 bits per heavy atom. The van der Waals surface area contributed by atoms with Crippen LogP contribution in [0.3, 0.4) is 0 Å². The van der Waals surface area contributed by atoms with Gasteiger partial charge in [-0.1, -0.05) is 0 Å². The van der Waals surface area contributed by atoms with E-state index in [0.29, 0.717) is 12.8 Å². The zero-order valence-electron chi connectivity index (χ0n) is 17.8. The number of carbonyl (C=O) groups is 1. The number of aryl methyl sites for hydroxylation is 1. The minimum absolute atomic E-state index is 0.100. The van der Waals surface area contributed by atoms with E-state index < -0.39 is 17.4 Å². The first-order valence-corrected chi connectivity index (χ1v) is 10.1. The van der Waals surface area contributed by atoms with Gasteiger partial charge in [-0.05, 0) is 25.0 Å². The van der Waals surface area contributed by atoms with Gasteiger partial charge in [0, 0.05) is 57.0 Å². The Kier molecular flexibility index (Phi) is 7.17. The van der Waals surface area contributed by atoms with Crippen molar-refractivity contribution in [2.75, 3.05) is 18.4 Å². The number of nitrogens with zero attached hydrogens (tertiary/aromatic N) is 5. The fourth-order valence-corrected chi connectivity index (χ4v) is 3.63. The van der Waals surface area contributed by atoms with E-state index in [1.54, 1.807) is 6.20 Å². The van der Waals surface area contributed by atoms with Crippen molar-refractivity contribution in [1.29, 1.82) is 10.7 Å². The smallest absolute Gasteiger partial charge is 0.253 e. The summed E-state index contributed by atoms with van der Waals surface area (Å²) in [5, 5.41) is 27.6. The molecular weight excluding hydrogens is 413 g/mol. The molecule has 0 bridgehead atoms. The van der Waals surface area contributed by atoms with Crippen LogP contribution in [0, 0.1) is 22.7 Å². The number of rotatable bonds is 8. The van der Waals surface area contributed by atoms with Gasteiger partial charge in [-0.15, -0.1) is 0 Å². The van der Waals surface area contributed by atoms with Crippen LogP contribution in [0.4, 0.5) is 10.1 Å². The summed E-state index contributed by atoms with van der Waals surface area (Å²) in [6.07, 6.45) is 5.99. The summed E-state index contributed by atoms with van der Waals surface area (Å²) in [6, 6.07) is 6.77. The quantitative estimate of drug-likeness (QED) is 0.209. The summed E-state index contributed by atoms with van der Waals surface area (Å²) in [6.45, 7) is 2.27. The number of likely N-dealkylation sites (tertiary alicyclic amines) is 1. The van der Waals surface area contributed by atoms with Crippen molar-refractivity contribution in [3.8, 4) is 6.07 Å². The first-order valence-electron chi connectivity index (χ1n) is 10.1. The Bertz CT molecular complexity index is 1050. The van der Waals surface area contributed by atoms with Crippen molar-refractivity contribution >= 4 is 17.4 Å². The van der Waals surface area contributed by atoms with E-state index >= 15 is 0 Å². The number of primary amides is 1. The summed E-state index contributed by atoms with van der Waals surface area (Å²) in [5.41, 5.74) is 6.20. The number of piperidine rings is 1. The molecule has 1 amide bonds. The second-order valence-electron chi connectivity index (χ2n) is 7.77. The maximum atomic E-state index is 13.3. The number of anilines is 1. The van der Waals surface area contributed by atoms with E-state index in [4.69, 9.17) is 11.1 Å². The molecule has 0 radical (unpaired) electrons. The minimum atomic E-state index is -0.815. The third kappa shape index (κ3) is 5.67. The lowest BCUT2D eigenvalue weighted by Gasteiger charge is -2.41. The molecule has 168 valence electrons. The lowest BCUT2D eigenvalue weighted by molar-refractivity contribution is -0.114. The van der Waals surface area contributed by atoms with Crippen molar-refractivity contribution in [1.82, 2.24) is 25.0 Å².